The molecule has 0 aromatic heterocycles. The fourth-order valence-corrected chi connectivity index (χ4v) is 2.09. The molecule has 1 rings (SSSR count). The highest BCUT2D eigenvalue weighted by Gasteiger charge is 2.14. The molecule has 0 atom stereocenters. The van der Waals surface area contributed by atoms with E-state index in [9.17, 15) is 4.79 Å². The molecule has 0 saturated heterocycles. The minimum Gasteiger partial charge on any atom is -0.488 e. The third kappa shape index (κ3) is 11.7. The van der Waals surface area contributed by atoms with Crippen molar-refractivity contribution in [2.24, 2.45) is 4.99 Å². The van der Waals surface area contributed by atoms with Crippen LogP contribution in [-0.2, 0) is 16.1 Å². The van der Waals surface area contributed by atoms with Gasteiger partial charge in [0.2, 0.25) is 5.91 Å². The Hall–Kier alpha value is -1.55. The Morgan fingerprint density at radius 2 is 1.85 bits per heavy atom. The zero-order valence-corrected chi connectivity index (χ0v) is 19.3. The van der Waals surface area contributed by atoms with Gasteiger partial charge in [-0.1, -0.05) is 18.2 Å². The monoisotopic (exact) mass is 492 g/mol. The molecule has 3 N–H and O–H groups in total. The van der Waals surface area contributed by atoms with Crippen LogP contribution in [0.25, 0.3) is 0 Å². The molecule has 1 aromatic carbocycles. The van der Waals surface area contributed by atoms with E-state index in [-0.39, 0.29) is 42.0 Å². The number of hydrogen-bond donors (Lipinski definition) is 3. The van der Waals surface area contributed by atoms with Crippen molar-refractivity contribution in [2.45, 2.75) is 39.8 Å². The number of methoxy groups -OCH3 is 1. The minimum atomic E-state index is -0.275. The van der Waals surface area contributed by atoms with Gasteiger partial charge in [0.15, 0.2) is 5.96 Å². The van der Waals surface area contributed by atoms with Crippen LogP contribution in [-0.4, -0.2) is 50.8 Å². The number of para-hydroxylation sites is 1. The molecule has 154 valence electrons. The van der Waals surface area contributed by atoms with Crippen LogP contribution in [0.2, 0.25) is 0 Å². The Morgan fingerprint density at radius 1 is 1.15 bits per heavy atom. The number of nitrogens with zero attached hydrogens (tertiary/aromatic N) is 1. The lowest BCUT2D eigenvalue weighted by molar-refractivity contribution is -0.120. The largest absolute Gasteiger partial charge is 0.488 e. The highest BCUT2D eigenvalue weighted by molar-refractivity contribution is 14.0. The molecular formula is C19H33IN4O3. The van der Waals surface area contributed by atoms with Crippen molar-refractivity contribution in [2.75, 3.05) is 33.4 Å². The van der Waals surface area contributed by atoms with Crippen molar-refractivity contribution in [3.63, 3.8) is 0 Å². The van der Waals surface area contributed by atoms with Gasteiger partial charge < -0.3 is 25.4 Å². The number of aliphatic imine (C=N–C) groups is 1. The van der Waals surface area contributed by atoms with E-state index in [1.54, 1.807) is 7.11 Å². The van der Waals surface area contributed by atoms with E-state index < -0.39 is 0 Å². The Kier molecular flexibility index (Phi) is 12.8. The van der Waals surface area contributed by atoms with Gasteiger partial charge in [-0.15, -0.1) is 24.0 Å². The predicted octanol–water partition coefficient (Wildman–Crippen LogP) is 2.30. The molecular weight excluding hydrogens is 459 g/mol. The van der Waals surface area contributed by atoms with E-state index in [0.717, 1.165) is 11.3 Å². The summed E-state index contributed by atoms with van der Waals surface area (Å²) in [6, 6.07) is 7.84. The number of guanidine groups is 1. The van der Waals surface area contributed by atoms with Gasteiger partial charge in [0.1, 0.15) is 11.4 Å². The van der Waals surface area contributed by atoms with E-state index in [1.165, 1.54) is 0 Å². The molecule has 0 aliphatic rings. The van der Waals surface area contributed by atoms with Crippen LogP contribution in [0.4, 0.5) is 0 Å². The van der Waals surface area contributed by atoms with Gasteiger partial charge >= 0.3 is 0 Å². The summed E-state index contributed by atoms with van der Waals surface area (Å²) in [7, 11) is 1.60. The van der Waals surface area contributed by atoms with Crippen LogP contribution in [0.5, 0.6) is 5.75 Å². The maximum absolute atomic E-state index is 11.8. The van der Waals surface area contributed by atoms with E-state index in [1.807, 2.05) is 52.0 Å². The lowest BCUT2D eigenvalue weighted by atomic mass is 10.1. The third-order valence-electron chi connectivity index (χ3n) is 3.19. The summed E-state index contributed by atoms with van der Waals surface area (Å²) in [4.78, 5) is 16.3. The number of benzene rings is 1. The van der Waals surface area contributed by atoms with Crippen molar-refractivity contribution in [1.82, 2.24) is 16.0 Å². The number of rotatable bonds is 9. The SMILES string of the molecule is CCNC(=NCc1ccccc1OC(C)(C)C)NCC(=O)NCCOC.I. The lowest BCUT2D eigenvalue weighted by Gasteiger charge is -2.23. The normalized spacial score (nSPS) is 11.4. The van der Waals surface area contributed by atoms with Gasteiger partial charge in [-0.3, -0.25) is 4.79 Å². The maximum atomic E-state index is 11.8. The summed E-state index contributed by atoms with van der Waals surface area (Å²) >= 11 is 0. The van der Waals surface area contributed by atoms with Crippen molar-refractivity contribution < 1.29 is 14.3 Å². The molecule has 0 bridgehead atoms. The number of nitrogens with one attached hydrogen (secondary N) is 3. The summed E-state index contributed by atoms with van der Waals surface area (Å²) in [5.41, 5.74) is 0.715. The molecule has 0 heterocycles. The summed E-state index contributed by atoms with van der Waals surface area (Å²) in [6.07, 6.45) is 0. The zero-order valence-electron chi connectivity index (χ0n) is 16.9. The Morgan fingerprint density at radius 3 is 2.48 bits per heavy atom. The molecule has 0 spiro atoms. The standard InChI is InChI=1S/C19H32N4O3.HI/c1-6-20-18(23-14-17(24)21-11-12-25-5)22-13-15-9-7-8-10-16(15)26-19(2,3)4;/h7-10H,6,11-14H2,1-5H3,(H,21,24)(H2,20,22,23);1H. The first-order chi connectivity index (χ1) is 12.4. The smallest absolute Gasteiger partial charge is 0.239 e. The van der Waals surface area contributed by atoms with E-state index in [0.29, 0.717) is 32.2 Å². The first-order valence-corrected chi connectivity index (χ1v) is 8.90. The first-order valence-electron chi connectivity index (χ1n) is 8.90. The average Bonchev–Trinajstić information content (AvgIpc) is 2.57. The second-order valence-corrected chi connectivity index (χ2v) is 6.71. The molecule has 0 saturated carbocycles. The minimum absolute atomic E-state index is 0. The van der Waals surface area contributed by atoms with Crippen LogP contribution in [0.15, 0.2) is 29.3 Å². The molecule has 7 nitrogen and oxygen atoms in total. The number of halogens is 1. The number of carbonyl (C=O) groups is 1. The summed E-state index contributed by atoms with van der Waals surface area (Å²) in [6.45, 7) is 10.3. The summed E-state index contributed by atoms with van der Waals surface area (Å²) in [5, 5.41) is 8.93. The zero-order chi connectivity index (χ0) is 19.4. The molecule has 1 amide bonds. The van der Waals surface area contributed by atoms with Crippen LogP contribution >= 0.6 is 24.0 Å². The van der Waals surface area contributed by atoms with Gasteiger partial charge in [-0.2, -0.15) is 0 Å². The number of amides is 1. The van der Waals surface area contributed by atoms with Gasteiger partial charge in [0, 0.05) is 25.8 Å². The van der Waals surface area contributed by atoms with Crippen molar-refractivity contribution in [3.05, 3.63) is 29.8 Å². The summed E-state index contributed by atoms with van der Waals surface area (Å²) in [5.74, 6) is 1.29. The molecule has 0 unspecified atom stereocenters. The Bertz CT molecular complexity index is 589. The van der Waals surface area contributed by atoms with Crippen LogP contribution in [0.3, 0.4) is 0 Å². The number of ether oxygens (including phenoxy) is 2. The quantitative estimate of drug-likeness (QED) is 0.213. The van der Waals surface area contributed by atoms with Crippen molar-refractivity contribution >= 4 is 35.8 Å². The predicted molar refractivity (Wildman–Crippen MR) is 120 cm³/mol. The molecule has 1 aromatic rings. The third-order valence-corrected chi connectivity index (χ3v) is 3.19. The molecule has 27 heavy (non-hydrogen) atoms. The Balaban J connectivity index is 0.00000676. The van der Waals surface area contributed by atoms with Crippen LogP contribution in [0, 0.1) is 0 Å². The highest BCUT2D eigenvalue weighted by Crippen LogP contribution is 2.23. The fraction of sp³-hybridized carbons (Fsp3) is 0.579. The second kappa shape index (κ2) is 13.6. The molecule has 0 aliphatic heterocycles. The van der Waals surface area contributed by atoms with Gasteiger partial charge in [-0.05, 0) is 33.8 Å². The molecule has 8 heteroatoms. The second-order valence-electron chi connectivity index (χ2n) is 6.71. The first kappa shape index (κ1) is 25.4. The maximum Gasteiger partial charge on any atom is 0.239 e. The topological polar surface area (TPSA) is 84.0 Å². The molecule has 0 fully saturated rings. The van der Waals surface area contributed by atoms with Crippen LogP contribution < -0.4 is 20.7 Å². The molecule has 0 aliphatic carbocycles. The van der Waals surface area contributed by atoms with Crippen molar-refractivity contribution in [3.8, 4) is 5.75 Å². The van der Waals surface area contributed by atoms with E-state index >= 15 is 0 Å². The highest BCUT2D eigenvalue weighted by atomic mass is 127. The average molecular weight is 492 g/mol. The van der Waals surface area contributed by atoms with Crippen molar-refractivity contribution in [1.29, 1.82) is 0 Å². The Labute approximate surface area is 179 Å². The lowest BCUT2D eigenvalue weighted by Crippen LogP contribution is -2.43. The molecule has 0 radical (unpaired) electrons. The summed E-state index contributed by atoms with van der Waals surface area (Å²) < 4.78 is 10.9. The van der Waals surface area contributed by atoms with Gasteiger partial charge in [0.25, 0.3) is 0 Å². The number of hydrogen-bond acceptors (Lipinski definition) is 4. The van der Waals surface area contributed by atoms with E-state index in [2.05, 4.69) is 20.9 Å². The van der Waals surface area contributed by atoms with E-state index in [4.69, 9.17) is 9.47 Å². The van der Waals surface area contributed by atoms with Crippen LogP contribution in [0.1, 0.15) is 33.3 Å². The fourth-order valence-electron chi connectivity index (χ4n) is 2.09. The number of carbonyl (C=O) groups excluding carboxylic acids is 1. The van der Waals surface area contributed by atoms with Gasteiger partial charge in [0.05, 0.1) is 19.7 Å². The van der Waals surface area contributed by atoms with Gasteiger partial charge in [-0.25, -0.2) is 4.99 Å².